The lowest BCUT2D eigenvalue weighted by molar-refractivity contribution is -0.130. The van der Waals surface area contributed by atoms with Crippen LogP contribution in [0.3, 0.4) is 0 Å². The minimum absolute atomic E-state index is 0.00240. The Labute approximate surface area is 157 Å². The van der Waals surface area contributed by atoms with Gasteiger partial charge in [-0.2, -0.15) is 0 Å². The van der Waals surface area contributed by atoms with E-state index in [1.165, 1.54) is 17.9 Å². The van der Waals surface area contributed by atoms with Gasteiger partial charge in [-0.05, 0) is 50.6 Å². The molecule has 0 aliphatic rings. The van der Waals surface area contributed by atoms with Gasteiger partial charge in [0.25, 0.3) is 0 Å². The predicted octanol–water partition coefficient (Wildman–Crippen LogP) is 3.31. The Bertz CT molecular complexity index is 821. The van der Waals surface area contributed by atoms with Gasteiger partial charge < -0.3 is 19.2 Å². The minimum Gasteiger partial charge on any atom is -0.494 e. The van der Waals surface area contributed by atoms with Crippen LogP contribution in [0.5, 0.6) is 5.75 Å². The van der Waals surface area contributed by atoms with Crippen molar-refractivity contribution in [2.24, 2.45) is 0 Å². The molecule has 0 saturated carbocycles. The van der Waals surface area contributed by atoms with Crippen LogP contribution in [0.15, 0.2) is 34.7 Å². The van der Waals surface area contributed by atoms with Gasteiger partial charge >= 0.3 is 5.97 Å². The summed E-state index contributed by atoms with van der Waals surface area (Å²) in [6, 6.07) is 8.30. The number of benzene rings is 1. The summed E-state index contributed by atoms with van der Waals surface area (Å²) in [5.41, 5.74) is 0.730. The van der Waals surface area contributed by atoms with E-state index in [1.807, 2.05) is 0 Å². The standard InChI is InChI=1S/C20H23NO6/c1-13(22)15-6-8-16(9-7-15)26-10-4-5-19(23)21(3)12-17-11-18(20(24)25)14(2)27-17/h6-9,11H,4-5,10,12H2,1-3H3,(H,24,25). The predicted molar refractivity (Wildman–Crippen MR) is 98.1 cm³/mol. The number of furan rings is 1. The monoisotopic (exact) mass is 373 g/mol. The number of ketones is 1. The Hall–Kier alpha value is -3.09. The molecule has 0 radical (unpaired) electrons. The van der Waals surface area contributed by atoms with E-state index in [9.17, 15) is 14.4 Å². The van der Waals surface area contributed by atoms with Gasteiger partial charge in [0.05, 0.1) is 13.2 Å². The second kappa shape index (κ2) is 9.02. The fraction of sp³-hybridized carbons (Fsp3) is 0.350. The van der Waals surface area contributed by atoms with Crippen LogP contribution in [0.2, 0.25) is 0 Å². The maximum Gasteiger partial charge on any atom is 0.339 e. The van der Waals surface area contributed by atoms with E-state index < -0.39 is 5.97 Å². The van der Waals surface area contributed by atoms with Crippen LogP contribution < -0.4 is 4.74 Å². The van der Waals surface area contributed by atoms with E-state index in [2.05, 4.69) is 0 Å². The molecule has 27 heavy (non-hydrogen) atoms. The van der Waals surface area contributed by atoms with Crippen LogP contribution in [0, 0.1) is 6.92 Å². The summed E-state index contributed by atoms with van der Waals surface area (Å²) in [7, 11) is 1.64. The number of nitrogens with zero attached hydrogens (tertiary/aromatic N) is 1. The lowest BCUT2D eigenvalue weighted by Crippen LogP contribution is -2.26. The number of carbonyl (C=O) groups is 3. The van der Waals surface area contributed by atoms with Crippen LogP contribution in [-0.2, 0) is 11.3 Å². The highest BCUT2D eigenvalue weighted by Gasteiger charge is 2.16. The van der Waals surface area contributed by atoms with Crippen LogP contribution in [0.1, 0.15) is 52.0 Å². The first kappa shape index (κ1) is 20.2. The topological polar surface area (TPSA) is 97.1 Å². The number of carboxylic acid groups (broad SMARTS) is 1. The highest BCUT2D eigenvalue weighted by molar-refractivity contribution is 5.94. The Kier molecular flexibility index (Phi) is 6.76. The first-order chi connectivity index (χ1) is 12.8. The second-order valence-corrected chi connectivity index (χ2v) is 6.27. The molecule has 0 saturated heterocycles. The largest absolute Gasteiger partial charge is 0.494 e. The fourth-order valence-corrected chi connectivity index (χ4v) is 2.55. The zero-order valence-corrected chi connectivity index (χ0v) is 15.7. The molecule has 1 N–H and O–H groups in total. The summed E-state index contributed by atoms with van der Waals surface area (Å²) in [6.45, 7) is 3.67. The first-order valence-corrected chi connectivity index (χ1v) is 8.58. The number of aryl methyl sites for hydroxylation is 1. The van der Waals surface area contributed by atoms with Crippen LogP contribution >= 0.6 is 0 Å². The van der Waals surface area contributed by atoms with Crippen molar-refractivity contribution in [3.05, 3.63) is 53.0 Å². The summed E-state index contributed by atoms with van der Waals surface area (Å²) in [5, 5.41) is 9.03. The Morgan fingerprint density at radius 1 is 1.19 bits per heavy atom. The molecule has 0 spiro atoms. The Morgan fingerprint density at radius 2 is 1.85 bits per heavy atom. The Balaban J connectivity index is 1.75. The van der Waals surface area contributed by atoms with Gasteiger partial charge in [0, 0.05) is 19.0 Å². The van der Waals surface area contributed by atoms with Crippen molar-refractivity contribution >= 4 is 17.7 Å². The number of hydrogen-bond acceptors (Lipinski definition) is 5. The van der Waals surface area contributed by atoms with Crippen molar-refractivity contribution in [1.82, 2.24) is 4.90 Å². The number of aromatic carboxylic acids is 1. The molecule has 7 heteroatoms. The number of carboxylic acids is 1. The molecule has 1 heterocycles. The van der Waals surface area contributed by atoms with Crippen molar-refractivity contribution < 1.29 is 28.6 Å². The van der Waals surface area contributed by atoms with E-state index in [0.29, 0.717) is 42.3 Å². The summed E-state index contributed by atoms with van der Waals surface area (Å²) < 4.78 is 11.0. The molecule has 144 valence electrons. The molecule has 0 aliphatic carbocycles. The molecular weight excluding hydrogens is 350 g/mol. The number of carbonyl (C=O) groups excluding carboxylic acids is 2. The van der Waals surface area contributed by atoms with E-state index in [0.717, 1.165) is 0 Å². The molecular formula is C20H23NO6. The smallest absolute Gasteiger partial charge is 0.339 e. The molecule has 0 fully saturated rings. The van der Waals surface area contributed by atoms with Gasteiger partial charge in [-0.25, -0.2) is 4.79 Å². The highest BCUT2D eigenvalue weighted by atomic mass is 16.5. The number of rotatable bonds is 9. The zero-order valence-electron chi connectivity index (χ0n) is 15.7. The Morgan fingerprint density at radius 3 is 2.41 bits per heavy atom. The van der Waals surface area contributed by atoms with Crippen LogP contribution in [0.4, 0.5) is 0 Å². The maximum atomic E-state index is 12.2. The van der Waals surface area contributed by atoms with Crippen LogP contribution in [-0.4, -0.2) is 41.3 Å². The molecule has 0 bridgehead atoms. The number of Topliss-reactive ketones (excluding diaryl/α,β-unsaturated/α-hetero) is 1. The van der Waals surface area contributed by atoms with E-state index in [1.54, 1.807) is 38.2 Å². The van der Waals surface area contributed by atoms with E-state index in [-0.39, 0.29) is 23.8 Å². The summed E-state index contributed by atoms with van der Waals surface area (Å²) >= 11 is 0. The average molecular weight is 373 g/mol. The molecule has 0 atom stereocenters. The zero-order chi connectivity index (χ0) is 20.0. The summed E-state index contributed by atoms with van der Waals surface area (Å²) in [4.78, 5) is 35.9. The quantitative estimate of drug-likeness (QED) is 0.535. The second-order valence-electron chi connectivity index (χ2n) is 6.27. The van der Waals surface area contributed by atoms with Gasteiger partial charge in [0.1, 0.15) is 22.8 Å². The van der Waals surface area contributed by atoms with Crippen molar-refractivity contribution in [2.45, 2.75) is 33.2 Å². The van der Waals surface area contributed by atoms with Gasteiger partial charge in [-0.3, -0.25) is 9.59 Å². The third-order valence-corrected chi connectivity index (χ3v) is 4.08. The lowest BCUT2D eigenvalue weighted by atomic mass is 10.1. The lowest BCUT2D eigenvalue weighted by Gasteiger charge is -2.15. The van der Waals surface area contributed by atoms with Crippen LogP contribution in [0.25, 0.3) is 0 Å². The molecule has 1 amide bonds. The van der Waals surface area contributed by atoms with Gasteiger partial charge in [-0.15, -0.1) is 0 Å². The molecule has 1 aromatic carbocycles. The third-order valence-electron chi connectivity index (χ3n) is 4.08. The van der Waals surface area contributed by atoms with E-state index >= 15 is 0 Å². The first-order valence-electron chi connectivity index (χ1n) is 8.58. The molecule has 0 unspecified atom stereocenters. The van der Waals surface area contributed by atoms with Gasteiger partial charge in [0.2, 0.25) is 5.91 Å². The van der Waals surface area contributed by atoms with E-state index in [4.69, 9.17) is 14.3 Å². The number of hydrogen-bond donors (Lipinski definition) is 1. The fourth-order valence-electron chi connectivity index (χ4n) is 2.55. The highest BCUT2D eigenvalue weighted by Crippen LogP contribution is 2.17. The van der Waals surface area contributed by atoms with Gasteiger partial charge in [-0.1, -0.05) is 0 Å². The van der Waals surface area contributed by atoms with Crippen molar-refractivity contribution in [1.29, 1.82) is 0 Å². The SMILES string of the molecule is CC(=O)c1ccc(OCCCC(=O)N(C)Cc2cc(C(=O)O)c(C)o2)cc1. The van der Waals surface area contributed by atoms with Gasteiger partial charge in [0.15, 0.2) is 5.78 Å². The number of ether oxygens (including phenoxy) is 1. The van der Waals surface area contributed by atoms with Crippen molar-refractivity contribution in [2.75, 3.05) is 13.7 Å². The van der Waals surface area contributed by atoms with Crippen molar-refractivity contribution in [3.63, 3.8) is 0 Å². The molecule has 0 aliphatic heterocycles. The summed E-state index contributed by atoms with van der Waals surface area (Å²) in [6.07, 6.45) is 0.836. The molecule has 1 aromatic heterocycles. The number of amides is 1. The molecule has 2 aromatic rings. The third kappa shape index (κ3) is 5.70. The maximum absolute atomic E-state index is 12.2. The van der Waals surface area contributed by atoms with Crippen molar-refractivity contribution in [3.8, 4) is 5.75 Å². The molecule has 7 nitrogen and oxygen atoms in total. The average Bonchev–Trinajstić information content (AvgIpc) is 2.99. The molecule has 2 rings (SSSR count). The normalized spacial score (nSPS) is 10.5. The minimum atomic E-state index is -1.05. The summed E-state index contributed by atoms with van der Waals surface area (Å²) in [5.74, 6) is 0.261.